The van der Waals surface area contributed by atoms with E-state index in [0.29, 0.717) is 22.6 Å². The summed E-state index contributed by atoms with van der Waals surface area (Å²) in [6.07, 6.45) is 3.29. The van der Waals surface area contributed by atoms with Gasteiger partial charge in [-0.3, -0.25) is 9.98 Å². The largest absolute Gasteiger partial charge is 0.507 e. The zero-order valence-corrected chi connectivity index (χ0v) is 20.2. The van der Waals surface area contributed by atoms with E-state index in [4.69, 9.17) is 19.5 Å². The fraction of sp³-hybridized carbons (Fsp3) is 0.133. The summed E-state index contributed by atoms with van der Waals surface area (Å²) < 4.78 is 11.4. The molecule has 0 aliphatic rings. The Morgan fingerprint density at radius 2 is 0.917 bits per heavy atom. The fourth-order valence-corrected chi connectivity index (χ4v) is 4.00. The maximum Gasteiger partial charge on any atom is 0.124 e. The standard InChI is InChI=1S/C30H28N2O4/c1-35-27-17-9-5-13-23(27)29(31-19-21-11-3-7-15-25(21)33)30(24-14-6-10-18-28(24)36-2)32-20-22-12-4-8-16-26(22)34/h3-20,29-30,33-34H,1-2H3/t29-,30+. The van der Waals surface area contributed by atoms with E-state index in [0.717, 1.165) is 11.1 Å². The lowest BCUT2D eigenvalue weighted by atomic mass is 9.92. The number of phenols is 2. The Morgan fingerprint density at radius 1 is 0.556 bits per heavy atom. The van der Waals surface area contributed by atoms with Gasteiger partial charge in [0.2, 0.25) is 0 Å². The van der Waals surface area contributed by atoms with Crippen LogP contribution >= 0.6 is 0 Å². The monoisotopic (exact) mass is 480 g/mol. The number of aromatic hydroxyl groups is 2. The van der Waals surface area contributed by atoms with Gasteiger partial charge in [0.15, 0.2) is 0 Å². The molecule has 0 saturated heterocycles. The average Bonchev–Trinajstić information content (AvgIpc) is 2.92. The molecule has 0 saturated carbocycles. The number of aliphatic imine (C=N–C) groups is 2. The van der Waals surface area contributed by atoms with Crippen molar-refractivity contribution in [2.75, 3.05) is 14.2 Å². The van der Waals surface area contributed by atoms with Gasteiger partial charge in [0.05, 0.1) is 14.2 Å². The molecule has 0 amide bonds. The number of rotatable bonds is 9. The number of hydrogen-bond acceptors (Lipinski definition) is 6. The van der Waals surface area contributed by atoms with Gasteiger partial charge < -0.3 is 19.7 Å². The highest BCUT2D eigenvalue weighted by Crippen LogP contribution is 2.42. The molecule has 0 spiro atoms. The summed E-state index contributed by atoms with van der Waals surface area (Å²) in [5, 5.41) is 20.6. The minimum Gasteiger partial charge on any atom is -0.507 e. The number of ether oxygens (including phenoxy) is 2. The molecular weight excluding hydrogens is 452 g/mol. The molecule has 4 rings (SSSR count). The summed E-state index contributed by atoms with van der Waals surface area (Å²) in [7, 11) is 3.23. The predicted molar refractivity (Wildman–Crippen MR) is 143 cm³/mol. The Balaban J connectivity index is 1.91. The third-order valence-electron chi connectivity index (χ3n) is 5.84. The lowest BCUT2D eigenvalue weighted by Gasteiger charge is -2.25. The molecule has 6 nitrogen and oxygen atoms in total. The van der Waals surface area contributed by atoms with Crippen molar-refractivity contribution in [2.45, 2.75) is 12.1 Å². The van der Waals surface area contributed by atoms with Crippen LogP contribution in [0.15, 0.2) is 107 Å². The summed E-state index contributed by atoms with van der Waals surface area (Å²) in [5.41, 5.74) is 2.80. The van der Waals surface area contributed by atoms with Crippen LogP contribution in [0.1, 0.15) is 34.3 Å². The first kappa shape index (κ1) is 24.5. The molecule has 6 heteroatoms. The SMILES string of the molecule is COc1ccccc1[C@@H](N=Cc1ccccc1O)[C@@H](N=Cc1ccccc1O)c1ccccc1OC. The van der Waals surface area contributed by atoms with Gasteiger partial charge in [-0.05, 0) is 36.4 Å². The van der Waals surface area contributed by atoms with Crippen LogP contribution in [0.3, 0.4) is 0 Å². The van der Waals surface area contributed by atoms with E-state index >= 15 is 0 Å². The van der Waals surface area contributed by atoms with Crippen molar-refractivity contribution < 1.29 is 19.7 Å². The van der Waals surface area contributed by atoms with E-state index in [-0.39, 0.29) is 11.5 Å². The van der Waals surface area contributed by atoms with Crippen LogP contribution in [-0.2, 0) is 0 Å². The van der Waals surface area contributed by atoms with Gasteiger partial charge in [0.25, 0.3) is 0 Å². The minimum absolute atomic E-state index is 0.131. The molecule has 0 unspecified atom stereocenters. The Bertz CT molecular complexity index is 1260. The molecule has 4 aromatic rings. The summed E-state index contributed by atoms with van der Waals surface area (Å²) in [6, 6.07) is 28.2. The van der Waals surface area contributed by atoms with Crippen LogP contribution in [0, 0.1) is 0 Å². The van der Waals surface area contributed by atoms with Gasteiger partial charge in [-0.25, -0.2) is 0 Å². The zero-order valence-electron chi connectivity index (χ0n) is 20.2. The van der Waals surface area contributed by atoms with E-state index in [9.17, 15) is 10.2 Å². The molecule has 0 aliphatic heterocycles. The first-order chi connectivity index (χ1) is 17.6. The van der Waals surface area contributed by atoms with Crippen molar-refractivity contribution in [3.8, 4) is 23.0 Å². The molecule has 2 atom stereocenters. The van der Waals surface area contributed by atoms with E-state index in [1.54, 1.807) is 63.0 Å². The van der Waals surface area contributed by atoms with E-state index < -0.39 is 12.1 Å². The number of nitrogens with zero attached hydrogens (tertiary/aromatic N) is 2. The quantitative estimate of drug-likeness (QED) is 0.282. The molecule has 182 valence electrons. The van der Waals surface area contributed by atoms with Gasteiger partial charge in [-0.15, -0.1) is 0 Å². The highest BCUT2D eigenvalue weighted by molar-refractivity contribution is 5.84. The molecular formula is C30H28N2O4. The average molecular weight is 481 g/mol. The molecule has 0 fully saturated rings. The molecule has 36 heavy (non-hydrogen) atoms. The van der Waals surface area contributed by atoms with Crippen molar-refractivity contribution >= 4 is 12.4 Å². The van der Waals surface area contributed by atoms with Crippen LogP contribution in [0.4, 0.5) is 0 Å². The Hall–Kier alpha value is -4.58. The molecule has 0 radical (unpaired) electrons. The lowest BCUT2D eigenvalue weighted by Crippen LogP contribution is -2.11. The predicted octanol–water partition coefficient (Wildman–Crippen LogP) is 6.14. The summed E-state index contributed by atoms with van der Waals surface area (Å²) >= 11 is 0. The van der Waals surface area contributed by atoms with E-state index in [2.05, 4.69) is 0 Å². The van der Waals surface area contributed by atoms with Gasteiger partial charge in [-0.1, -0.05) is 60.7 Å². The van der Waals surface area contributed by atoms with E-state index in [1.165, 1.54) is 0 Å². The van der Waals surface area contributed by atoms with Crippen LogP contribution in [0.5, 0.6) is 23.0 Å². The number of hydrogen-bond donors (Lipinski definition) is 2. The number of para-hydroxylation sites is 4. The second-order valence-electron chi connectivity index (χ2n) is 8.05. The van der Waals surface area contributed by atoms with Crippen LogP contribution < -0.4 is 9.47 Å². The molecule has 4 aromatic carbocycles. The Morgan fingerprint density at radius 3 is 1.31 bits per heavy atom. The van der Waals surface area contributed by atoms with Crippen molar-refractivity contribution in [1.29, 1.82) is 0 Å². The number of benzene rings is 4. The summed E-state index contributed by atoms with van der Waals surface area (Å²) in [4.78, 5) is 9.85. The third-order valence-corrected chi connectivity index (χ3v) is 5.84. The topological polar surface area (TPSA) is 83.6 Å². The van der Waals surface area contributed by atoms with Crippen molar-refractivity contribution in [1.82, 2.24) is 0 Å². The maximum absolute atomic E-state index is 10.3. The second-order valence-corrected chi connectivity index (χ2v) is 8.05. The summed E-state index contributed by atoms with van der Waals surface area (Å²) in [5.74, 6) is 1.59. The lowest BCUT2D eigenvalue weighted by molar-refractivity contribution is 0.392. The van der Waals surface area contributed by atoms with Gasteiger partial charge in [0.1, 0.15) is 35.1 Å². The van der Waals surface area contributed by atoms with E-state index in [1.807, 2.05) is 60.7 Å². The Kier molecular flexibility index (Phi) is 7.98. The highest BCUT2D eigenvalue weighted by Gasteiger charge is 2.28. The molecule has 0 aromatic heterocycles. The van der Waals surface area contributed by atoms with Gasteiger partial charge in [0, 0.05) is 34.7 Å². The van der Waals surface area contributed by atoms with Gasteiger partial charge in [-0.2, -0.15) is 0 Å². The molecule has 0 bridgehead atoms. The van der Waals surface area contributed by atoms with Crippen molar-refractivity contribution in [2.24, 2.45) is 9.98 Å². The molecule has 0 heterocycles. The minimum atomic E-state index is -0.542. The number of phenolic OH excluding ortho intramolecular Hbond substituents is 2. The van der Waals surface area contributed by atoms with Gasteiger partial charge >= 0.3 is 0 Å². The smallest absolute Gasteiger partial charge is 0.124 e. The van der Waals surface area contributed by atoms with Crippen LogP contribution in [0.25, 0.3) is 0 Å². The fourth-order valence-electron chi connectivity index (χ4n) is 4.00. The second kappa shape index (κ2) is 11.7. The highest BCUT2D eigenvalue weighted by atomic mass is 16.5. The molecule has 2 N–H and O–H groups in total. The number of methoxy groups -OCH3 is 2. The first-order valence-electron chi connectivity index (χ1n) is 11.5. The van der Waals surface area contributed by atoms with Crippen molar-refractivity contribution in [3.63, 3.8) is 0 Å². The Labute approximate surface area is 210 Å². The van der Waals surface area contributed by atoms with Crippen LogP contribution in [-0.4, -0.2) is 36.9 Å². The zero-order chi connectivity index (χ0) is 25.3. The van der Waals surface area contributed by atoms with Crippen LogP contribution in [0.2, 0.25) is 0 Å². The summed E-state index contributed by atoms with van der Waals surface area (Å²) in [6.45, 7) is 0. The normalized spacial score (nSPS) is 13.1. The maximum atomic E-state index is 10.3. The van der Waals surface area contributed by atoms with Crippen molar-refractivity contribution in [3.05, 3.63) is 119 Å². The first-order valence-corrected chi connectivity index (χ1v) is 11.5. The third kappa shape index (κ3) is 5.55. The molecule has 0 aliphatic carbocycles.